The van der Waals surface area contributed by atoms with E-state index in [2.05, 4.69) is 42.2 Å². The lowest BCUT2D eigenvalue weighted by Crippen LogP contribution is -2.00. The zero-order valence-corrected chi connectivity index (χ0v) is 12.9. The number of halogens is 2. The predicted molar refractivity (Wildman–Crippen MR) is 75.1 cm³/mol. The minimum absolute atomic E-state index is 0.368. The molecule has 2 rings (SSSR count). The summed E-state index contributed by atoms with van der Waals surface area (Å²) in [4.78, 5) is 0. The average molecular weight is 376 g/mol. The van der Waals surface area contributed by atoms with Gasteiger partial charge in [0.25, 0.3) is 0 Å². The molecule has 0 aliphatic rings. The fourth-order valence-electron chi connectivity index (χ4n) is 1.48. The van der Waals surface area contributed by atoms with Crippen molar-refractivity contribution in [3.8, 4) is 5.75 Å². The van der Waals surface area contributed by atoms with E-state index in [-0.39, 0.29) is 0 Å². The van der Waals surface area contributed by atoms with Crippen molar-refractivity contribution in [2.45, 2.75) is 13.2 Å². The monoisotopic (exact) mass is 374 g/mol. The molecule has 0 spiro atoms. The third kappa shape index (κ3) is 3.09. The van der Waals surface area contributed by atoms with Crippen LogP contribution in [0.1, 0.15) is 11.3 Å². The van der Waals surface area contributed by atoms with E-state index >= 15 is 0 Å². The number of nitrogens with two attached hydrogens (primary N) is 1. The quantitative estimate of drug-likeness (QED) is 0.890. The van der Waals surface area contributed by atoms with Crippen LogP contribution in [0.3, 0.4) is 0 Å². The number of benzene rings is 1. The van der Waals surface area contributed by atoms with Crippen LogP contribution in [-0.4, -0.2) is 15.0 Å². The van der Waals surface area contributed by atoms with Crippen molar-refractivity contribution < 1.29 is 4.74 Å². The normalized spacial score (nSPS) is 10.7. The van der Waals surface area contributed by atoms with Gasteiger partial charge >= 0.3 is 0 Å². The number of hydrogen-bond acceptors (Lipinski definition) is 4. The van der Waals surface area contributed by atoms with Crippen molar-refractivity contribution in [3.63, 3.8) is 0 Å². The summed E-state index contributed by atoms with van der Waals surface area (Å²) in [5.74, 6) is 0.734. The molecular formula is C11H12Br2N4O. The SMILES string of the molecule is Cn1cc(COc2c(Br)cc(CN)cc2Br)nn1. The Bertz CT molecular complexity index is 533. The lowest BCUT2D eigenvalue weighted by atomic mass is 10.2. The van der Waals surface area contributed by atoms with E-state index in [9.17, 15) is 0 Å². The molecule has 0 unspecified atom stereocenters. The number of nitrogens with zero attached hydrogens (tertiary/aromatic N) is 3. The molecule has 2 aromatic rings. The fraction of sp³-hybridized carbons (Fsp3) is 0.273. The van der Waals surface area contributed by atoms with Gasteiger partial charge in [-0.1, -0.05) is 5.21 Å². The molecule has 2 N–H and O–H groups in total. The Balaban J connectivity index is 2.14. The molecule has 0 radical (unpaired) electrons. The van der Waals surface area contributed by atoms with E-state index in [1.807, 2.05) is 25.4 Å². The highest BCUT2D eigenvalue weighted by atomic mass is 79.9. The maximum Gasteiger partial charge on any atom is 0.148 e. The number of ether oxygens (including phenoxy) is 1. The Kier molecular flexibility index (Phi) is 4.36. The van der Waals surface area contributed by atoms with Crippen LogP contribution in [0, 0.1) is 0 Å². The summed E-state index contributed by atoms with van der Waals surface area (Å²) >= 11 is 6.93. The van der Waals surface area contributed by atoms with Gasteiger partial charge in [0, 0.05) is 13.6 Å². The molecule has 18 heavy (non-hydrogen) atoms. The van der Waals surface area contributed by atoms with Crippen molar-refractivity contribution in [1.29, 1.82) is 0 Å². The van der Waals surface area contributed by atoms with E-state index in [0.29, 0.717) is 13.2 Å². The molecule has 0 aliphatic heterocycles. The first-order valence-corrected chi connectivity index (χ1v) is 6.84. The minimum atomic E-state index is 0.368. The van der Waals surface area contributed by atoms with Crippen molar-refractivity contribution >= 4 is 31.9 Å². The van der Waals surface area contributed by atoms with Crippen LogP contribution in [0.2, 0.25) is 0 Å². The van der Waals surface area contributed by atoms with Gasteiger partial charge in [0.1, 0.15) is 18.1 Å². The van der Waals surface area contributed by atoms with Gasteiger partial charge in [-0.3, -0.25) is 4.68 Å². The summed E-state index contributed by atoms with van der Waals surface area (Å²) in [5, 5.41) is 7.81. The van der Waals surface area contributed by atoms with Crippen molar-refractivity contribution in [2.75, 3.05) is 0 Å². The van der Waals surface area contributed by atoms with Gasteiger partial charge in [-0.15, -0.1) is 5.10 Å². The summed E-state index contributed by atoms with van der Waals surface area (Å²) in [6.45, 7) is 0.856. The highest BCUT2D eigenvalue weighted by Gasteiger charge is 2.09. The second-order valence-electron chi connectivity index (χ2n) is 3.76. The topological polar surface area (TPSA) is 66.0 Å². The zero-order chi connectivity index (χ0) is 13.1. The van der Waals surface area contributed by atoms with Crippen LogP contribution >= 0.6 is 31.9 Å². The number of hydrogen-bond donors (Lipinski definition) is 1. The second-order valence-corrected chi connectivity index (χ2v) is 5.47. The molecule has 1 aromatic carbocycles. The Morgan fingerprint density at radius 1 is 1.33 bits per heavy atom. The summed E-state index contributed by atoms with van der Waals surface area (Å²) in [6, 6.07) is 3.88. The van der Waals surface area contributed by atoms with Crippen LogP contribution in [0.15, 0.2) is 27.3 Å². The van der Waals surface area contributed by atoms with Crippen LogP contribution in [0.25, 0.3) is 0 Å². The summed E-state index contributed by atoms with van der Waals surface area (Å²) in [7, 11) is 1.82. The molecule has 0 fully saturated rings. The van der Waals surface area contributed by atoms with E-state index < -0.39 is 0 Å². The first-order valence-electron chi connectivity index (χ1n) is 5.26. The van der Waals surface area contributed by atoms with Crippen LogP contribution in [0.4, 0.5) is 0 Å². The average Bonchev–Trinajstić information content (AvgIpc) is 2.73. The Labute approximate surface area is 122 Å². The van der Waals surface area contributed by atoms with Crippen molar-refractivity contribution in [3.05, 3.63) is 38.5 Å². The highest BCUT2D eigenvalue weighted by molar-refractivity contribution is 9.11. The Morgan fingerprint density at radius 2 is 2.00 bits per heavy atom. The van der Waals surface area contributed by atoms with E-state index in [0.717, 1.165) is 26.0 Å². The van der Waals surface area contributed by atoms with Crippen molar-refractivity contribution in [1.82, 2.24) is 15.0 Å². The molecule has 1 heterocycles. The van der Waals surface area contributed by atoms with Crippen LogP contribution in [-0.2, 0) is 20.2 Å². The first kappa shape index (κ1) is 13.5. The van der Waals surface area contributed by atoms with Crippen molar-refractivity contribution in [2.24, 2.45) is 12.8 Å². The van der Waals surface area contributed by atoms with Crippen LogP contribution < -0.4 is 10.5 Å². The fourth-order valence-corrected chi connectivity index (χ4v) is 2.99. The van der Waals surface area contributed by atoms with E-state index in [1.165, 1.54) is 0 Å². The Morgan fingerprint density at radius 3 is 2.50 bits per heavy atom. The smallest absolute Gasteiger partial charge is 0.148 e. The molecule has 0 bridgehead atoms. The molecule has 96 valence electrons. The molecule has 0 aliphatic carbocycles. The summed E-state index contributed by atoms with van der Waals surface area (Å²) in [5.41, 5.74) is 7.41. The maximum atomic E-state index is 5.72. The first-order chi connectivity index (χ1) is 8.60. The predicted octanol–water partition coefficient (Wildman–Crippen LogP) is 2.38. The van der Waals surface area contributed by atoms with Gasteiger partial charge < -0.3 is 10.5 Å². The zero-order valence-electron chi connectivity index (χ0n) is 9.73. The summed E-state index contributed by atoms with van der Waals surface area (Å²) in [6.07, 6.45) is 1.82. The molecule has 0 amide bonds. The third-order valence-corrected chi connectivity index (χ3v) is 3.49. The van der Waals surface area contributed by atoms with Gasteiger partial charge in [-0.25, -0.2) is 0 Å². The molecule has 0 saturated heterocycles. The lowest BCUT2D eigenvalue weighted by Gasteiger charge is -2.10. The molecule has 0 saturated carbocycles. The molecule has 7 heteroatoms. The summed E-state index contributed by atoms with van der Waals surface area (Å²) < 4.78 is 9.08. The number of aromatic nitrogens is 3. The lowest BCUT2D eigenvalue weighted by molar-refractivity contribution is 0.297. The van der Waals surface area contributed by atoms with E-state index in [4.69, 9.17) is 10.5 Å². The Hall–Kier alpha value is -0.920. The van der Waals surface area contributed by atoms with Gasteiger partial charge in [-0.05, 0) is 49.6 Å². The standard InChI is InChI=1S/C11H12Br2N4O/c1-17-5-8(15-16-17)6-18-11-9(12)2-7(4-14)3-10(11)13/h2-3,5H,4,6,14H2,1H3. The molecule has 1 aromatic heterocycles. The molecule has 5 nitrogen and oxygen atoms in total. The number of rotatable bonds is 4. The van der Waals surface area contributed by atoms with Gasteiger partial charge in [-0.2, -0.15) is 0 Å². The highest BCUT2D eigenvalue weighted by Crippen LogP contribution is 2.35. The van der Waals surface area contributed by atoms with Crippen LogP contribution in [0.5, 0.6) is 5.75 Å². The number of aryl methyl sites for hydroxylation is 1. The van der Waals surface area contributed by atoms with E-state index in [1.54, 1.807) is 4.68 Å². The van der Waals surface area contributed by atoms with Gasteiger partial charge in [0.15, 0.2) is 0 Å². The molecular weight excluding hydrogens is 364 g/mol. The largest absolute Gasteiger partial charge is 0.485 e. The third-order valence-electron chi connectivity index (χ3n) is 2.31. The van der Waals surface area contributed by atoms with Gasteiger partial charge in [0.2, 0.25) is 0 Å². The maximum absolute atomic E-state index is 5.72. The van der Waals surface area contributed by atoms with Gasteiger partial charge in [0.05, 0.1) is 15.1 Å². The molecule has 0 atom stereocenters. The minimum Gasteiger partial charge on any atom is -0.485 e. The second kappa shape index (κ2) is 5.81.